The first-order valence-electron chi connectivity index (χ1n) is 6.40. The third-order valence-electron chi connectivity index (χ3n) is 2.84. The second-order valence-corrected chi connectivity index (χ2v) is 4.54. The van der Waals surface area contributed by atoms with E-state index in [1.807, 2.05) is 19.1 Å². The summed E-state index contributed by atoms with van der Waals surface area (Å²) in [5.74, 6) is 1.17. The van der Waals surface area contributed by atoms with Gasteiger partial charge >= 0.3 is 5.97 Å². The van der Waals surface area contributed by atoms with Gasteiger partial charge in [-0.1, -0.05) is 26.0 Å². The van der Waals surface area contributed by atoms with E-state index < -0.39 is 0 Å². The van der Waals surface area contributed by atoms with Crippen molar-refractivity contribution in [3.8, 4) is 5.75 Å². The van der Waals surface area contributed by atoms with Gasteiger partial charge in [0, 0.05) is 6.42 Å². The molecule has 1 aromatic rings. The number of methoxy groups -OCH3 is 1. The van der Waals surface area contributed by atoms with Crippen LogP contribution >= 0.6 is 0 Å². The lowest BCUT2D eigenvalue weighted by Crippen LogP contribution is -2.03. The van der Waals surface area contributed by atoms with E-state index in [4.69, 9.17) is 4.74 Å². The van der Waals surface area contributed by atoms with Gasteiger partial charge in [-0.3, -0.25) is 4.79 Å². The summed E-state index contributed by atoms with van der Waals surface area (Å²) >= 11 is 0. The van der Waals surface area contributed by atoms with Crippen LogP contribution in [0, 0.1) is 0 Å². The van der Waals surface area contributed by atoms with Gasteiger partial charge in [0.25, 0.3) is 0 Å². The highest BCUT2D eigenvalue weighted by atomic mass is 16.5. The zero-order valence-electron chi connectivity index (χ0n) is 11.7. The number of esters is 1. The van der Waals surface area contributed by atoms with E-state index in [9.17, 15) is 4.79 Å². The molecule has 0 aromatic heterocycles. The zero-order chi connectivity index (χ0) is 13.5. The van der Waals surface area contributed by atoms with Crippen LogP contribution in [-0.4, -0.2) is 19.7 Å². The SMILES string of the molecule is CCOc1ccc(CCC(=O)OC)cc1C(C)C. The van der Waals surface area contributed by atoms with Crippen molar-refractivity contribution in [2.45, 2.75) is 39.5 Å². The van der Waals surface area contributed by atoms with Crippen molar-refractivity contribution < 1.29 is 14.3 Å². The molecule has 0 bridgehead atoms. The molecule has 18 heavy (non-hydrogen) atoms. The molecule has 0 spiro atoms. The lowest BCUT2D eigenvalue weighted by molar-refractivity contribution is -0.140. The Bertz CT molecular complexity index is 397. The van der Waals surface area contributed by atoms with Crippen molar-refractivity contribution in [1.82, 2.24) is 0 Å². The molecule has 0 aliphatic rings. The first kappa shape index (κ1) is 14.6. The number of rotatable bonds is 6. The fourth-order valence-corrected chi connectivity index (χ4v) is 1.84. The fourth-order valence-electron chi connectivity index (χ4n) is 1.84. The number of ether oxygens (including phenoxy) is 2. The van der Waals surface area contributed by atoms with Crippen molar-refractivity contribution in [2.24, 2.45) is 0 Å². The number of hydrogen-bond donors (Lipinski definition) is 0. The normalized spacial score (nSPS) is 10.5. The molecule has 0 saturated heterocycles. The predicted molar refractivity (Wildman–Crippen MR) is 72.0 cm³/mol. The molecule has 1 rings (SSSR count). The minimum Gasteiger partial charge on any atom is -0.494 e. The Morgan fingerprint density at radius 3 is 2.61 bits per heavy atom. The predicted octanol–water partition coefficient (Wildman–Crippen LogP) is 3.31. The summed E-state index contributed by atoms with van der Waals surface area (Å²) in [6.07, 6.45) is 1.13. The molecule has 100 valence electrons. The maximum atomic E-state index is 11.1. The van der Waals surface area contributed by atoms with Gasteiger partial charge < -0.3 is 9.47 Å². The van der Waals surface area contributed by atoms with Crippen molar-refractivity contribution in [2.75, 3.05) is 13.7 Å². The van der Waals surface area contributed by atoms with E-state index in [2.05, 4.69) is 24.7 Å². The molecule has 0 fully saturated rings. The highest BCUT2D eigenvalue weighted by molar-refractivity contribution is 5.69. The Morgan fingerprint density at radius 1 is 1.33 bits per heavy atom. The van der Waals surface area contributed by atoms with Gasteiger partial charge in [-0.15, -0.1) is 0 Å². The Balaban J connectivity index is 2.82. The molecule has 0 radical (unpaired) electrons. The molecule has 3 nitrogen and oxygen atoms in total. The summed E-state index contributed by atoms with van der Waals surface area (Å²) in [5.41, 5.74) is 2.34. The Kier molecular flexibility index (Phi) is 5.69. The van der Waals surface area contributed by atoms with Gasteiger partial charge in [0.2, 0.25) is 0 Å². The van der Waals surface area contributed by atoms with Gasteiger partial charge in [-0.05, 0) is 36.5 Å². The standard InChI is InChI=1S/C15H22O3/c1-5-18-14-8-6-12(7-9-15(16)17-4)10-13(14)11(2)3/h6,8,10-11H,5,7,9H2,1-4H3. The van der Waals surface area contributed by atoms with Crippen LogP contribution in [0.5, 0.6) is 5.75 Å². The van der Waals surface area contributed by atoms with Crippen LogP contribution in [0.3, 0.4) is 0 Å². The summed E-state index contributed by atoms with van der Waals surface area (Å²) in [6.45, 7) is 6.93. The Hall–Kier alpha value is -1.51. The molecule has 0 heterocycles. The third kappa shape index (κ3) is 4.06. The van der Waals surface area contributed by atoms with Crippen LogP contribution in [0.1, 0.15) is 44.2 Å². The molecule has 3 heteroatoms. The fraction of sp³-hybridized carbons (Fsp3) is 0.533. The van der Waals surface area contributed by atoms with Crippen LogP contribution < -0.4 is 4.74 Å². The van der Waals surface area contributed by atoms with E-state index in [1.165, 1.54) is 12.7 Å². The van der Waals surface area contributed by atoms with Gasteiger partial charge in [-0.25, -0.2) is 0 Å². The quantitative estimate of drug-likeness (QED) is 0.727. The first-order chi connectivity index (χ1) is 8.58. The monoisotopic (exact) mass is 250 g/mol. The lowest BCUT2D eigenvalue weighted by atomic mass is 9.98. The van der Waals surface area contributed by atoms with Gasteiger partial charge in [0.15, 0.2) is 0 Å². The van der Waals surface area contributed by atoms with E-state index in [1.54, 1.807) is 0 Å². The Morgan fingerprint density at radius 2 is 2.06 bits per heavy atom. The average molecular weight is 250 g/mol. The van der Waals surface area contributed by atoms with Gasteiger partial charge in [0.1, 0.15) is 5.75 Å². The molecular formula is C15H22O3. The van der Waals surface area contributed by atoms with Crippen molar-refractivity contribution in [1.29, 1.82) is 0 Å². The molecule has 0 aliphatic carbocycles. The number of carbonyl (C=O) groups is 1. The second kappa shape index (κ2) is 7.04. The molecular weight excluding hydrogens is 228 g/mol. The van der Waals surface area contributed by atoms with Crippen LogP contribution in [0.4, 0.5) is 0 Å². The summed E-state index contributed by atoms with van der Waals surface area (Å²) in [4.78, 5) is 11.1. The first-order valence-corrected chi connectivity index (χ1v) is 6.40. The van der Waals surface area contributed by atoms with Crippen LogP contribution in [0.15, 0.2) is 18.2 Å². The van der Waals surface area contributed by atoms with E-state index in [0.29, 0.717) is 25.4 Å². The van der Waals surface area contributed by atoms with Gasteiger partial charge in [0.05, 0.1) is 13.7 Å². The van der Waals surface area contributed by atoms with E-state index >= 15 is 0 Å². The van der Waals surface area contributed by atoms with E-state index in [-0.39, 0.29) is 5.97 Å². The molecule has 0 N–H and O–H groups in total. The lowest BCUT2D eigenvalue weighted by Gasteiger charge is -2.14. The van der Waals surface area contributed by atoms with Crippen LogP contribution in [0.25, 0.3) is 0 Å². The molecule has 0 unspecified atom stereocenters. The van der Waals surface area contributed by atoms with Crippen molar-refractivity contribution >= 4 is 5.97 Å². The molecule has 1 aromatic carbocycles. The van der Waals surface area contributed by atoms with Crippen LogP contribution in [-0.2, 0) is 16.0 Å². The summed E-state index contributed by atoms with van der Waals surface area (Å²) in [6, 6.07) is 6.13. The minimum atomic E-state index is -0.171. The number of aryl methyl sites for hydroxylation is 1. The van der Waals surface area contributed by atoms with Gasteiger partial charge in [-0.2, -0.15) is 0 Å². The van der Waals surface area contributed by atoms with Crippen molar-refractivity contribution in [3.05, 3.63) is 29.3 Å². The van der Waals surface area contributed by atoms with Crippen molar-refractivity contribution in [3.63, 3.8) is 0 Å². The molecule has 0 aliphatic heterocycles. The molecule has 0 saturated carbocycles. The smallest absolute Gasteiger partial charge is 0.305 e. The number of carbonyl (C=O) groups excluding carboxylic acids is 1. The molecule has 0 amide bonds. The molecule has 0 atom stereocenters. The average Bonchev–Trinajstić information content (AvgIpc) is 2.37. The maximum Gasteiger partial charge on any atom is 0.305 e. The zero-order valence-corrected chi connectivity index (χ0v) is 11.7. The third-order valence-corrected chi connectivity index (χ3v) is 2.84. The highest BCUT2D eigenvalue weighted by Gasteiger charge is 2.09. The maximum absolute atomic E-state index is 11.1. The summed E-state index contributed by atoms with van der Waals surface area (Å²) < 4.78 is 10.3. The number of benzene rings is 1. The highest BCUT2D eigenvalue weighted by Crippen LogP contribution is 2.28. The second-order valence-electron chi connectivity index (χ2n) is 4.54. The van der Waals surface area contributed by atoms with E-state index in [0.717, 1.165) is 11.3 Å². The minimum absolute atomic E-state index is 0.171. The van der Waals surface area contributed by atoms with Crippen LogP contribution in [0.2, 0.25) is 0 Å². The largest absolute Gasteiger partial charge is 0.494 e. The summed E-state index contributed by atoms with van der Waals surface area (Å²) in [7, 11) is 1.42. The Labute approximate surface area is 109 Å². The summed E-state index contributed by atoms with van der Waals surface area (Å²) in [5, 5.41) is 0. The topological polar surface area (TPSA) is 35.5 Å². The number of hydrogen-bond acceptors (Lipinski definition) is 3.